The van der Waals surface area contributed by atoms with Crippen molar-refractivity contribution in [2.75, 3.05) is 5.73 Å². The number of rotatable bonds is 6. The second-order valence-electron chi connectivity index (χ2n) is 6.32. The zero-order valence-electron chi connectivity index (χ0n) is 15.2. The van der Waals surface area contributed by atoms with Gasteiger partial charge in [-0.25, -0.2) is 9.82 Å². The van der Waals surface area contributed by atoms with E-state index in [-0.39, 0.29) is 18.1 Å². The summed E-state index contributed by atoms with van der Waals surface area (Å²) in [7, 11) is 0. The average Bonchev–Trinajstić information content (AvgIpc) is 3.27. The van der Waals surface area contributed by atoms with Crippen LogP contribution in [0.1, 0.15) is 16.1 Å². The molecule has 0 atom stereocenters. The molecule has 0 unspecified atom stereocenters. The van der Waals surface area contributed by atoms with Crippen LogP contribution in [0.15, 0.2) is 59.8 Å². The van der Waals surface area contributed by atoms with Crippen LogP contribution in [0.4, 0.5) is 9.52 Å². The normalized spacial score (nSPS) is 11.3. The van der Waals surface area contributed by atoms with Gasteiger partial charge < -0.3 is 10.3 Å². The molecule has 0 bridgehead atoms. The Morgan fingerprint density at radius 2 is 2.00 bits per heavy atom. The van der Waals surface area contributed by atoms with Crippen LogP contribution in [0.25, 0.3) is 10.9 Å². The van der Waals surface area contributed by atoms with Gasteiger partial charge >= 0.3 is 0 Å². The van der Waals surface area contributed by atoms with Gasteiger partial charge in [-0.15, -0.1) is 10.2 Å². The summed E-state index contributed by atoms with van der Waals surface area (Å²) in [5.74, 6) is -0.558. The van der Waals surface area contributed by atoms with Gasteiger partial charge in [0.25, 0.3) is 0 Å². The van der Waals surface area contributed by atoms with Gasteiger partial charge in [-0.1, -0.05) is 47.7 Å². The number of nitrogens with one attached hydrogen (secondary N) is 1. The summed E-state index contributed by atoms with van der Waals surface area (Å²) < 4.78 is 16.0. The molecule has 3 N–H and O–H groups in total. The maximum Gasteiger partial charge on any atom is 0.247 e. The first-order valence-electron chi connectivity index (χ1n) is 8.81. The van der Waals surface area contributed by atoms with Gasteiger partial charge in [-0.2, -0.15) is 5.10 Å². The number of carbonyl (C=O) groups excluding carboxylic acids is 1. The Morgan fingerprint density at radius 1 is 1.21 bits per heavy atom. The van der Waals surface area contributed by atoms with Crippen molar-refractivity contribution in [3.05, 3.63) is 76.7 Å². The van der Waals surface area contributed by atoms with Gasteiger partial charge in [-0.05, 0) is 12.1 Å². The number of aromatic nitrogens is 3. The first-order valence-corrected chi connectivity index (χ1v) is 9.63. The average molecular weight is 408 g/mol. The fourth-order valence-electron chi connectivity index (χ4n) is 3.01. The molecule has 0 radical (unpaired) electrons. The Bertz CT molecular complexity index is 1200. The Labute approximate surface area is 169 Å². The number of fused-ring (bicyclic) bond motifs is 1. The maximum atomic E-state index is 14.1. The third-order valence-corrected chi connectivity index (χ3v) is 5.06. The van der Waals surface area contributed by atoms with Crippen LogP contribution in [0.2, 0.25) is 0 Å². The highest BCUT2D eigenvalue weighted by Crippen LogP contribution is 2.22. The zero-order chi connectivity index (χ0) is 20.2. The number of carbonyl (C=O) groups is 1. The smallest absolute Gasteiger partial charge is 0.247 e. The van der Waals surface area contributed by atoms with Crippen molar-refractivity contribution in [1.29, 1.82) is 0 Å². The van der Waals surface area contributed by atoms with Crippen LogP contribution in [-0.2, 0) is 17.8 Å². The number of anilines is 1. The number of hydrogen-bond donors (Lipinski definition) is 2. The second-order valence-corrected chi connectivity index (χ2v) is 7.42. The molecule has 2 aromatic heterocycles. The lowest BCUT2D eigenvalue weighted by Gasteiger charge is -2.06. The highest BCUT2D eigenvalue weighted by atomic mass is 32.1. The Hall–Kier alpha value is -3.59. The van der Waals surface area contributed by atoms with Crippen LogP contribution < -0.4 is 11.2 Å². The summed E-state index contributed by atoms with van der Waals surface area (Å²) in [5.41, 5.74) is 10.4. The SMILES string of the molecule is Nc1nnc(CC(=O)N/N=C/c2cn(Cc3ccccc3F)c3ccccc23)s1. The van der Waals surface area contributed by atoms with Crippen molar-refractivity contribution < 1.29 is 9.18 Å². The van der Waals surface area contributed by atoms with Gasteiger partial charge in [0.1, 0.15) is 10.8 Å². The van der Waals surface area contributed by atoms with Crippen molar-refractivity contribution >= 4 is 39.5 Å². The lowest BCUT2D eigenvalue weighted by molar-refractivity contribution is -0.120. The number of nitrogens with two attached hydrogens (primary N) is 1. The number of amides is 1. The summed E-state index contributed by atoms with van der Waals surface area (Å²) >= 11 is 1.16. The molecule has 2 heterocycles. The minimum absolute atomic E-state index is 0.0568. The molecule has 0 saturated carbocycles. The number of halogens is 1. The molecule has 0 aliphatic rings. The largest absolute Gasteiger partial charge is 0.374 e. The molecule has 0 aliphatic heterocycles. The molecule has 0 saturated heterocycles. The Morgan fingerprint density at radius 3 is 2.79 bits per heavy atom. The molecule has 1 amide bonds. The number of benzene rings is 2. The number of para-hydroxylation sites is 1. The fraction of sp³-hybridized carbons (Fsp3) is 0.100. The third kappa shape index (κ3) is 4.30. The molecule has 146 valence electrons. The minimum atomic E-state index is -0.313. The summed E-state index contributed by atoms with van der Waals surface area (Å²) in [6.45, 7) is 0.395. The van der Waals surface area contributed by atoms with E-state index >= 15 is 0 Å². The molecule has 4 rings (SSSR count). The van der Waals surface area contributed by atoms with Gasteiger partial charge in [0.15, 0.2) is 0 Å². The molecule has 9 heteroatoms. The van der Waals surface area contributed by atoms with Crippen LogP contribution in [0.3, 0.4) is 0 Å². The molecule has 0 aliphatic carbocycles. The van der Waals surface area contributed by atoms with E-state index in [1.54, 1.807) is 18.3 Å². The lowest BCUT2D eigenvalue weighted by atomic mass is 10.2. The van der Waals surface area contributed by atoms with E-state index in [0.29, 0.717) is 22.2 Å². The highest BCUT2D eigenvalue weighted by molar-refractivity contribution is 7.15. The predicted octanol–water partition coefficient (Wildman–Crippen LogP) is 2.96. The number of hydrazone groups is 1. The summed E-state index contributed by atoms with van der Waals surface area (Å²) in [6, 6.07) is 14.5. The standard InChI is InChI=1S/C20H17FN6OS/c21-16-7-3-1-5-13(16)11-27-12-14(15-6-2-4-8-17(15)27)10-23-24-18(28)9-19-25-26-20(22)29-19/h1-8,10,12H,9,11H2,(H2,22,26)(H,24,28)/b23-10+. The van der Waals surface area contributed by atoms with Crippen LogP contribution in [-0.4, -0.2) is 26.9 Å². The topological polar surface area (TPSA) is 98.2 Å². The number of nitrogens with zero attached hydrogens (tertiary/aromatic N) is 4. The molecular formula is C20H17FN6OS. The van der Waals surface area contributed by atoms with Gasteiger partial charge in [-0.3, -0.25) is 4.79 Å². The van der Waals surface area contributed by atoms with Crippen LogP contribution in [0.5, 0.6) is 0 Å². The lowest BCUT2D eigenvalue weighted by Crippen LogP contribution is -2.19. The number of hydrogen-bond acceptors (Lipinski definition) is 6. The monoisotopic (exact) mass is 408 g/mol. The van der Waals surface area contributed by atoms with Gasteiger partial charge in [0, 0.05) is 28.2 Å². The second kappa shape index (κ2) is 8.19. The fourth-order valence-corrected chi connectivity index (χ4v) is 3.62. The Kier molecular flexibility index (Phi) is 5.30. The van der Waals surface area contributed by atoms with Crippen molar-refractivity contribution in [1.82, 2.24) is 20.2 Å². The minimum Gasteiger partial charge on any atom is -0.374 e. The molecule has 0 spiro atoms. The molecule has 7 nitrogen and oxygen atoms in total. The predicted molar refractivity (Wildman–Crippen MR) is 111 cm³/mol. The van der Waals surface area contributed by atoms with Crippen molar-refractivity contribution in [3.63, 3.8) is 0 Å². The van der Waals surface area contributed by atoms with E-state index in [1.165, 1.54) is 6.07 Å². The van der Waals surface area contributed by atoms with E-state index in [2.05, 4.69) is 20.7 Å². The van der Waals surface area contributed by atoms with E-state index in [9.17, 15) is 9.18 Å². The van der Waals surface area contributed by atoms with Crippen molar-refractivity contribution in [3.8, 4) is 0 Å². The molecule has 29 heavy (non-hydrogen) atoms. The van der Waals surface area contributed by atoms with Crippen molar-refractivity contribution in [2.45, 2.75) is 13.0 Å². The number of nitrogen functional groups attached to an aromatic ring is 1. The highest BCUT2D eigenvalue weighted by Gasteiger charge is 2.10. The Balaban J connectivity index is 1.52. The van der Waals surface area contributed by atoms with E-state index in [4.69, 9.17) is 5.73 Å². The first-order chi connectivity index (χ1) is 14.1. The molecule has 2 aromatic carbocycles. The van der Waals surface area contributed by atoms with E-state index in [0.717, 1.165) is 27.8 Å². The van der Waals surface area contributed by atoms with Gasteiger partial charge in [0.2, 0.25) is 11.0 Å². The first kappa shape index (κ1) is 18.8. The van der Waals surface area contributed by atoms with E-state index in [1.807, 2.05) is 41.1 Å². The molecule has 0 fully saturated rings. The molecular weight excluding hydrogens is 391 g/mol. The summed E-state index contributed by atoms with van der Waals surface area (Å²) in [5, 5.41) is 13.3. The quantitative estimate of drug-likeness (QED) is 0.379. The van der Waals surface area contributed by atoms with Gasteiger partial charge in [0.05, 0.1) is 19.2 Å². The van der Waals surface area contributed by atoms with Crippen LogP contribution >= 0.6 is 11.3 Å². The summed E-state index contributed by atoms with van der Waals surface area (Å²) in [4.78, 5) is 12.0. The maximum absolute atomic E-state index is 14.1. The third-order valence-electron chi connectivity index (χ3n) is 4.31. The summed E-state index contributed by atoms with van der Waals surface area (Å²) in [6.07, 6.45) is 3.52. The van der Waals surface area contributed by atoms with Crippen molar-refractivity contribution in [2.24, 2.45) is 5.10 Å². The molecule has 4 aromatic rings. The van der Waals surface area contributed by atoms with Crippen LogP contribution in [0, 0.1) is 5.82 Å². The van der Waals surface area contributed by atoms with E-state index < -0.39 is 0 Å². The zero-order valence-corrected chi connectivity index (χ0v) is 16.1.